The van der Waals surface area contributed by atoms with Gasteiger partial charge in [0.2, 0.25) is 0 Å². The normalized spacial score (nSPS) is 11.7. The molecule has 0 amide bonds. The van der Waals surface area contributed by atoms with Crippen LogP contribution < -0.4 is 0 Å². The molecular weight excluding hydrogens is 653 g/mol. The molecule has 0 N–H and O–H groups in total. The van der Waals surface area contributed by atoms with Crippen LogP contribution in [-0.4, -0.2) is 6.26 Å². The Morgan fingerprint density at radius 2 is 0.843 bits per heavy atom. The van der Waals surface area contributed by atoms with Crippen LogP contribution in [0.15, 0.2) is 181 Å². The van der Waals surface area contributed by atoms with Gasteiger partial charge in [-0.1, -0.05) is 133 Å². The Morgan fingerprint density at radius 3 is 1.59 bits per heavy atom. The van der Waals surface area contributed by atoms with Crippen LogP contribution in [0.4, 0.5) is 0 Å². The topological polar surface area (TPSA) is 0 Å². The van der Waals surface area contributed by atoms with Crippen molar-refractivity contribution in [2.75, 3.05) is 6.26 Å². The van der Waals surface area contributed by atoms with Gasteiger partial charge in [-0.15, -0.1) is 23.1 Å². The minimum absolute atomic E-state index is 1.22. The van der Waals surface area contributed by atoms with Gasteiger partial charge in [-0.25, -0.2) is 0 Å². The van der Waals surface area contributed by atoms with E-state index in [1.54, 1.807) is 11.8 Å². The van der Waals surface area contributed by atoms with Crippen LogP contribution in [0.2, 0.25) is 0 Å². The van der Waals surface area contributed by atoms with E-state index in [-0.39, 0.29) is 0 Å². The SMILES string of the molecule is CSc1ccccc1-c1cccc(-c2cc(-c3ccc4c5ccccc5c5ccccc5c4c3)cc(-c3cccc4c3sc3ccccc34)c2)c1. The van der Waals surface area contributed by atoms with Crippen LogP contribution >= 0.6 is 23.1 Å². The number of benzene rings is 9. The maximum atomic E-state index is 2.41. The molecule has 10 rings (SSSR count). The van der Waals surface area contributed by atoms with E-state index in [4.69, 9.17) is 0 Å². The number of thiophene rings is 1. The molecular formula is C49H32S2. The van der Waals surface area contributed by atoms with Gasteiger partial charge >= 0.3 is 0 Å². The standard InChI is InChI=1S/C49H32S2/c1-50-47-22-8-6-14-37(47)33-13-10-12-31(26-33)34-27-35(29-36(28-34)38-20-11-21-45-44-19-7-9-23-48(44)51-49(38)45)32-24-25-43-41-17-3-2-15-39(41)40-16-4-5-18-42(40)46(43)30-32/h2-30H,1H3. The van der Waals surface area contributed by atoms with Crippen molar-refractivity contribution in [3.05, 3.63) is 176 Å². The fourth-order valence-electron chi connectivity index (χ4n) is 7.93. The molecule has 0 fully saturated rings. The molecule has 0 aliphatic rings. The molecule has 0 saturated carbocycles. The lowest BCUT2D eigenvalue weighted by Crippen LogP contribution is -1.89. The number of rotatable bonds is 5. The first kappa shape index (κ1) is 30.2. The molecule has 240 valence electrons. The Labute approximate surface area is 305 Å². The number of hydrogen-bond donors (Lipinski definition) is 0. The molecule has 1 heterocycles. The molecule has 2 heteroatoms. The highest BCUT2D eigenvalue weighted by Crippen LogP contribution is 2.43. The molecule has 0 saturated heterocycles. The second-order valence-electron chi connectivity index (χ2n) is 13.2. The third-order valence-electron chi connectivity index (χ3n) is 10.3. The lowest BCUT2D eigenvalue weighted by Gasteiger charge is -2.15. The van der Waals surface area contributed by atoms with Crippen LogP contribution in [-0.2, 0) is 0 Å². The highest BCUT2D eigenvalue weighted by atomic mass is 32.2. The second kappa shape index (κ2) is 12.3. The molecule has 0 aliphatic carbocycles. The van der Waals surface area contributed by atoms with Gasteiger partial charge in [-0.05, 0) is 126 Å². The van der Waals surface area contributed by atoms with Gasteiger partial charge in [0.15, 0.2) is 0 Å². The summed E-state index contributed by atoms with van der Waals surface area (Å²) in [6, 6.07) is 65.2. The average molecular weight is 685 g/mol. The summed E-state index contributed by atoms with van der Waals surface area (Å²) in [6.45, 7) is 0. The summed E-state index contributed by atoms with van der Waals surface area (Å²) in [6.07, 6.45) is 2.16. The van der Waals surface area contributed by atoms with Crippen LogP contribution in [0.5, 0.6) is 0 Å². The van der Waals surface area contributed by atoms with Gasteiger partial charge in [0, 0.05) is 25.1 Å². The van der Waals surface area contributed by atoms with E-state index >= 15 is 0 Å². The fraction of sp³-hybridized carbons (Fsp3) is 0.0204. The Hall–Kier alpha value is -5.67. The van der Waals surface area contributed by atoms with Crippen molar-refractivity contribution in [2.24, 2.45) is 0 Å². The minimum atomic E-state index is 1.22. The molecule has 0 unspecified atom stereocenters. The van der Waals surface area contributed by atoms with Gasteiger partial charge < -0.3 is 0 Å². The maximum absolute atomic E-state index is 2.41. The molecule has 10 aromatic rings. The van der Waals surface area contributed by atoms with Crippen LogP contribution in [0, 0.1) is 0 Å². The summed E-state index contributed by atoms with van der Waals surface area (Å²) in [7, 11) is 0. The third-order valence-corrected chi connectivity index (χ3v) is 12.4. The molecule has 0 aliphatic heterocycles. The number of thioether (sulfide) groups is 1. The van der Waals surface area contributed by atoms with Gasteiger partial charge in [-0.2, -0.15) is 0 Å². The summed E-state index contributed by atoms with van der Waals surface area (Å²) in [5.41, 5.74) is 9.89. The lowest BCUT2D eigenvalue weighted by molar-refractivity contribution is 1.45. The van der Waals surface area contributed by atoms with E-state index in [0.717, 1.165) is 0 Å². The first-order chi connectivity index (χ1) is 25.2. The van der Waals surface area contributed by atoms with Crippen LogP contribution in [0.25, 0.3) is 97.0 Å². The molecule has 0 nitrogen and oxygen atoms in total. The summed E-state index contributed by atoms with van der Waals surface area (Å²) in [5, 5.41) is 10.4. The molecule has 1 aromatic heterocycles. The maximum Gasteiger partial charge on any atom is 0.0433 e. The summed E-state index contributed by atoms with van der Waals surface area (Å²) >= 11 is 3.69. The first-order valence-corrected chi connectivity index (χ1v) is 19.4. The zero-order valence-electron chi connectivity index (χ0n) is 28.1. The van der Waals surface area contributed by atoms with Crippen molar-refractivity contribution >= 4 is 75.6 Å². The van der Waals surface area contributed by atoms with Gasteiger partial charge in [0.25, 0.3) is 0 Å². The molecule has 9 aromatic carbocycles. The van der Waals surface area contributed by atoms with Crippen molar-refractivity contribution < 1.29 is 0 Å². The summed E-state index contributed by atoms with van der Waals surface area (Å²) < 4.78 is 2.66. The fourth-order valence-corrected chi connectivity index (χ4v) is 9.79. The van der Waals surface area contributed by atoms with E-state index in [1.807, 2.05) is 11.3 Å². The quantitative estimate of drug-likeness (QED) is 0.128. The molecule has 0 spiro atoms. The smallest absolute Gasteiger partial charge is 0.0433 e. The van der Waals surface area contributed by atoms with E-state index in [2.05, 4.69) is 182 Å². The highest BCUT2D eigenvalue weighted by molar-refractivity contribution is 7.98. The molecule has 51 heavy (non-hydrogen) atoms. The molecule has 0 atom stereocenters. The van der Waals surface area contributed by atoms with Crippen molar-refractivity contribution in [1.29, 1.82) is 0 Å². The van der Waals surface area contributed by atoms with Crippen molar-refractivity contribution in [3.8, 4) is 44.5 Å². The molecule has 0 radical (unpaired) electrons. The van der Waals surface area contributed by atoms with E-state index in [0.29, 0.717) is 0 Å². The second-order valence-corrected chi connectivity index (χ2v) is 15.1. The Bertz CT molecular complexity index is 2930. The largest absolute Gasteiger partial charge is 0.135 e. The van der Waals surface area contributed by atoms with Crippen LogP contribution in [0.3, 0.4) is 0 Å². The Balaban J connectivity index is 1.23. The first-order valence-electron chi connectivity index (χ1n) is 17.4. The van der Waals surface area contributed by atoms with E-state index < -0.39 is 0 Å². The Kier molecular flexibility index (Phi) is 7.27. The van der Waals surface area contributed by atoms with E-state index in [1.165, 1.54) is 102 Å². The Morgan fingerprint density at radius 1 is 0.333 bits per heavy atom. The van der Waals surface area contributed by atoms with Gasteiger partial charge in [0.1, 0.15) is 0 Å². The number of fused-ring (bicyclic) bond motifs is 9. The highest BCUT2D eigenvalue weighted by Gasteiger charge is 2.15. The zero-order chi connectivity index (χ0) is 33.9. The van der Waals surface area contributed by atoms with Crippen LogP contribution in [0.1, 0.15) is 0 Å². The molecule has 0 bridgehead atoms. The van der Waals surface area contributed by atoms with Crippen molar-refractivity contribution in [2.45, 2.75) is 4.90 Å². The third kappa shape index (κ3) is 5.06. The number of hydrogen-bond acceptors (Lipinski definition) is 2. The monoisotopic (exact) mass is 684 g/mol. The predicted octanol–water partition coefficient (Wildman–Crippen LogP) is 14.9. The zero-order valence-corrected chi connectivity index (χ0v) is 29.7. The predicted molar refractivity (Wildman–Crippen MR) is 225 cm³/mol. The van der Waals surface area contributed by atoms with Crippen molar-refractivity contribution in [1.82, 2.24) is 0 Å². The van der Waals surface area contributed by atoms with Crippen molar-refractivity contribution in [3.63, 3.8) is 0 Å². The summed E-state index contributed by atoms with van der Waals surface area (Å²) in [4.78, 5) is 1.29. The lowest BCUT2D eigenvalue weighted by atomic mass is 9.89. The van der Waals surface area contributed by atoms with Gasteiger partial charge in [0.05, 0.1) is 0 Å². The minimum Gasteiger partial charge on any atom is -0.135 e. The summed E-state index contributed by atoms with van der Waals surface area (Å²) in [5.74, 6) is 0. The van der Waals surface area contributed by atoms with E-state index in [9.17, 15) is 0 Å². The van der Waals surface area contributed by atoms with Gasteiger partial charge in [-0.3, -0.25) is 0 Å². The average Bonchev–Trinajstić information content (AvgIpc) is 3.60.